The predicted octanol–water partition coefficient (Wildman–Crippen LogP) is 2.29. The van der Waals surface area contributed by atoms with Crippen molar-refractivity contribution in [2.45, 2.75) is 11.8 Å². The molecule has 2 aromatic rings. The largest absolute Gasteiger partial charge is 0.497 e. The summed E-state index contributed by atoms with van der Waals surface area (Å²) in [7, 11) is -0.679. The molecule has 0 saturated carbocycles. The monoisotopic (exact) mass is 407 g/mol. The lowest BCUT2D eigenvalue weighted by Gasteiger charge is -2.12. The average molecular weight is 407 g/mol. The van der Waals surface area contributed by atoms with Crippen LogP contribution in [0.15, 0.2) is 47.4 Å². The Morgan fingerprint density at radius 3 is 2.39 bits per heavy atom. The standard InChI is InChI=1S/C19H21NO7S/c1-4-28(23,24)17-8-6-5-7-14(17)19(22)27-12-18(21)20-15-11-13(25-2)9-10-16(15)26-3/h5-11H,4,12H2,1-3H3,(H,20,21). The van der Waals surface area contributed by atoms with Crippen LogP contribution < -0.4 is 14.8 Å². The summed E-state index contributed by atoms with van der Waals surface area (Å²) in [6, 6.07) is 10.5. The third-order valence-corrected chi connectivity index (χ3v) is 5.62. The smallest absolute Gasteiger partial charge is 0.339 e. The summed E-state index contributed by atoms with van der Waals surface area (Å²) in [5, 5.41) is 2.56. The Kier molecular flexibility index (Phi) is 7.00. The predicted molar refractivity (Wildman–Crippen MR) is 103 cm³/mol. The van der Waals surface area contributed by atoms with Gasteiger partial charge in [0.2, 0.25) is 0 Å². The first-order valence-corrected chi connectivity index (χ1v) is 9.98. The fourth-order valence-electron chi connectivity index (χ4n) is 2.37. The number of nitrogens with one attached hydrogen (secondary N) is 1. The molecule has 150 valence electrons. The number of methoxy groups -OCH3 is 2. The van der Waals surface area contributed by atoms with Crippen LogP contribution in [0.3, 0.4) is 0 Å². The molecule has 0 saturated heterocycles. The van der Waals surface area contributed by atoms with Crippen molar-refractivity contribution in [3.8, 4) is 11.5 Å². The summed E-state index contributed by atoms with van der Waals surface area (Å²) in [6.45, 7) is 0.881. The number of esters is 1. The molecule has 1 amide bonds. The first-order valence-electron chi connectivity index (χ1n) is 8.33. The molecule has 0 aliphatic rings. The van der Waals surface area contributed by atoms with Crippen LogP contribution in [0.1, 0.15) is 17.3 Å². The Bertz CT molecular complexity index is 970. The van der Waals surface area contributed by atoms with Crippen LogP contribution >= 0.6 is 0 Å². The summed E-state index contributed by atoms with van der Waals surface area (Å²) in [5.41, 5.74) is 0.230. The number of benzene rings is 2. The van der Waals surface area contributed by atoms with E-state index in [-0.39, 0.29) is 16.2 Å². The number of carbonyl (C=O) groups is 2. The van der Waals surface area contributed by atoms with Gasteiger partial charge < -0.3 is 19.5 Å². The highest BCUT2D eigenvalue weighted by atomic mass is 32.2. The van der Waals surface area contributed by atoms with Crippen LogP contribution in [0.5, 0.6) is 11.5 Å². The zero-order valence-corrected chi connectivity index (χ0v) is 16.5. The second-order valence-electron chi connectivity index (χ2n) is 5.59. The molecule has 8 nitrogen and oxygen atoms in total. The topological polar surface area (TPSA) is 108 Å². The Hall–Kier alpha value is -3.07. The van der Waals surface area contributed by atoms with Gasteiger partial charge >= 0.3 is 5.97 Å². The van der Waals surface area contributed by atoms with Crippen molar-refractivity contribution in [2.24, 2.45) is 0 Å². The maximum absolute atomic E-state index is 12.3. The zero-order valence-electron chi connectivity index (χ0n) is 15.7. The number of sulfone groups is 1. The molecule has 0 radical (unpaired) electrons. The van der Waals surface area contributed by atoms with Crippen molar-refractivity contribution in [3.05, 3.63) is 48.0 Å². The van der Waals surface area contributed by atoms with Crippen LogP contribution in [0, 0.1) is 0 Å². The van der Waals surface area contributed by atoms with Gasteiger partial charge in [0.1, 0.15) is 11.5 Å². The van der Waals surface area contributed by atoms with Gasteiger partial charge in [-0.05, 0) is 24.3 Å². The molecule has 0 aliphatic carbocycles. The second-order valence-corrected chi connectivity index (χ2v) is 7.84. The lowest BCUT2D eigenvalue weighted by molar-refractivity contribution is -0.119. The average Bonchev–Trinajstić information content (AvgIpc) is 2.71. The van der Waals surface area contributed by atoms with Gasteiger partial charge in [0.25, 0.3) is 5.91 Å². The molecule has 0 unspecified atom stereocenters. The maximum atomic E-state index is 12.3. The molecule has 0 spiro atoms. The van der Waals surface area contributed by atoms with E-state index in [0.717, 1.165) is 0 Å². The summed E-state index contributed by atoms with van der Waals surface area (Å²) in [5.74, 6) is -0.768. The zero-order chi connectivity index (χ0) is 20.7. The van der Waals surface area contributed by atoms with Crippen molar-refractivity contribution >= 4 is 27.4 Å². The number of anilines is 1. The van der Waals surface area contributed by atoms with Crippen LogP contribution in [0.4, 0.5) is 5.69 Å². The summed E-state index contributed by atoms with van der Waals surface area (Å²) >= 11 is 0. The van der Waals surface area contributed by atoms with Gasteiger partial charge in [0, 0.05) is 6.07 Å². The highest BCUT2D eigenvalue weighted by Gasteiger charge is 2.22. The second kappa shape index (κ2) is 9.23. The summed E-state index contributed by atoms with van der Waals surface area (Å²) in [6.07, 6.45) is 0. The minimum Gasteiger partial charge on any atom is -0.497 e. The fourth-order valence-corrected chi connectivity index (χ4v) is 3.45. The van der Waals surface area contributed by atoms with Crippen LogP contribution in [-0.2, 0) is 19.4 Å². The van der Waals surface area contributed by atoms with E-state index in [1.165, 1.54) is 45.4 Å². The Morgan fingerprint density at radius 1 is 1.04 bits per heavy atom. The normalized spacial score (nSPS) is 10.8. The molecule has 9 heteroatoms. The van der Waals surface area contributed by atoms with Crippen molar-refractivity contribution in [2.75, 3.05) is 31.9 Å². The first kappa shape index (κ1) is 21.2. The third-order valence-electron chi connectivity index (χ3n) is 3.84. The van der Waals surface area contributed by atoms with Gasteiger partial charge in [-0.15, -0.1) is 0 Å². The lowest BCUT2D eigenvalue weighted by Crippen LogP contribution is -2.22. The van der Waals surface area contributed by atoms with Crippen molar-refractivity contribution in [1.82, 2.24) is 0 Å². The van der Waals surface area contributed by atoms with Crippen LogP contribution in [0.2, 0.25) is 0 Å². The van der Waals surface area contributed by atoms with Gasteiger partial charge in [0.05, 0.1) is 36.1 Å². The van der Waals surface area contributed by atoms with Gasteiger partial charge in [-0.1, -0.05) is 19.1 Å². The molecule has 0 bridgehead atoms. The molecular weight excluding hydrogens is 386 g/mol. The van der Waals surface area contributed by atoms with E-state index in [0.29, 0.717) is 17.2 Å². The van der Waals surface area contributed by atoms with Gasteiger partial charge in [0.15, 0.2) is 16.4 Å². The molecule has 0 heterocycles. The SMILES string of the molecule is CCS(=O)(=O)c1ccccc1C(=O)OCC(=O)Nc1cc(OC)ccc1OC. The highest BCUT2D eigenvalue weighted by Crippen LogP contribution is 2.28. The van der Waals surface area contributed by atoms with E-state index in [1.807, 2.05) is 0 Å². The van der Waals surface area contributed by atoms with Gasteiger partial charge in [-0.3, -0.25) is 4.79 Å². The molecule has 2 rings (SSSR count). The quantitative estimate of drug-likeness (QED) is 0.669. The minimum absolute atomic E-state index is 0.115. The molecule has 28 heavy (non-hydrogen) atoms. The molecule has 0 atom stereocenters. The van der Waals surface area contributed by atoms with Gasteiger partial charge in [-0.2, -0.15) is 0 Å². The fraction of sp³-hybridized carbons (Fsp3) is 0.263. The van der Waals surface area contributed by atoms with Gasteiger partial charge in [-0.25, -0.2) is 13.2 Å². The molecule has 2 aromatic carbocycles. The summed E-state index contributed by atoms with van der Waals surface area (Å²) < 4.78 is 39.5. The maximum Gasteiger partial charge on any atom is 0.339 e. The van der Waals surface area contributed by atoms with Crippen molar-refractivity contribution in [1.29, 1.82) is 0 Å². The van der Waals surface area contributed by atoms with E-state index in [2.05, 4.69) is 5.32 Å². The number of hydrogen-bond acceptors (Lipinski definition) is 7. The van der Waals surface area contributed by atoms with Crippen LogP contribution in [0.25, 0.3) is 0 Å². The molecule has 1 N–H and O–H groups in total. The van der Waals surface area contributed by atoms with Crippen molar-refractivity contribution in [3.63, 3.8) is 0 Å². The number of amides is 1. The number of hydrogen-bond donors (Lipinski definition) is 1. The Morgan fingerprint density at radius 2 is 1.75 bits per heavy atom. The number of carbonyl (C=O) groups excluding carboxylic acids is 2. The molecule has 0 aliphatic heterocycles. The molecular formula is C19H21NO7S. The minimum atomic E-state index is -3.61. The Balaban J connectivity index is 2.10. The highest BCUT2D eigenvalue weighted by molar-refractivity contribution is 7.91. The summed E-state index contributed by atoms with van der Waals surface area (Å²) in [4.78, 5) is 24.3. The Labute approximate surface area is 163 Å². The van der Waals surface area contributed by atoms with E-state index in [1.54, 1.807) is 18.2 Å². The van der Waals surface area contributed by atoms with E-state index < -0.39 is 28.3 Å². The molecule has 0 aromatic heterocycles. The molecule has 0 fully saturated rings. The van der Waals surface area contributed by atoms with Crippen molar-refractivity contribution < 1.29 is 32.2 Å². The van der Waals surface area contributed by atoms with Crippen LogP contribution in [-0.4, -0.2) is 46.9 Å². The first-order chi connectivity index (χ1) is 13.3. The van der Waals surface area contributed by atoms with E-state index in [4.69, 9.17) is 14.2 Å². The lowest BCUT2D eigenvalue weighted by atomic mass is 10.2. The van der Waals surface area contributed by atoms with E-state index in [9.17, 15) is 18.0 Å². The number of ether oxygens (including phenoxy) is 3. The number of rotatable bonds is 8. The third kappa shape index (κ3) is 5.01. The van der Waals surface area contributed by atoms with E-state index >= 15 is 0 Å².